The molecule has 0 spiro atoms. The van der Waals surface area contributed by atoms with Crippen molar-refractivity contribution in [1.29, 1.82) is 0 Å². The van der Waals surface area contributed by atoms with Crippen LogP contribution in [0, 0.1) is 6.92 Å². The van der Waals surface area contributed by atoms with Crippen LogP contribution in [0.2, 0.25) is 0 Å². The second kappa shape index (κ2) is 5.91. The van der Waals surface area contributed by atoms with Crippen LogP contribution in [0.25, 0.3) is 0 Å². The fourth-order valence-electron chi connectivity index (χ4n) is 1.54. The molecule has 0 aliphatic rings. The van der Waals surface area contributed by atoms with Gasteiger partial charge >= 0.3 is 0 Å². The maximum Gasteiger partial charge on any atom is 0.271 e. The van der Waals surface area contributed by atoms with Crippen LogP contribution in [0.15, 0.2) is 23.3 Å². The number of hydrogen-bond acceptors (Lipinski definition) is 6. The van der Waals surface area contributed by atoms with E-state index in [4.69, 9.17) is 5.73 Å². The first kappa shape index (κ1) is 13.7. The minimum Gasteiger partial charge on any atom is -0.383 e. The Morgan fingerprint density at radius 3 is 2.85 bits per heavy atom. The van der Waals surface area contributed by atoms with Gasteiger partial charge in [0.25, 0.3) is 11.5 Å². The van der Waals surface area contributed by atoms with Crippen LogP contribution in [0.1, 0.15) is 22.0 Å². The van der Waals surface area contributed by atoms with Crippen molar-refractivity contribution in [2.45, 2.75) is 13.3 Å². The number of nitrogens with one attached hydrogen (secondary N) is 2. The number of carbonyl (C=O) groups is 1. The number of aromatic nitrogens is 4. The number of aryl methyl sites for hydroxylation is 1. The van der Waals surface area contributed by atoms with E-state index in [0.29, 0.717) is 18.8 Å². The molecule has 2 rings (SSSR count). The van der Waals surface area contributed by atoms with Gasteiger partial charge < -0.3 is 16.0 Å². The third-order valence-electron chi connectivity index (χ3n) is 2.47. The fraction of sp³-hybridized carbons (Fsp3) is 0.250. The maximum atomic E-state index is 11.7. The zero-order valence-electron chi connectivity index (χ0n) is 10.9. The average Bonchev–Trinajstić information content (AvgIpc) is 2.38. The van der Waals surface area contributed by atoms with Gasteiger partial charge in [-0.05, 0) is 6.92 Å². The minimum absolute atomic E-state index is 0.152. The van der Waals surface area contributed by atoms with Gasteiger partial charge in [0.15, 0.2) is 0 Å². The first-order valence-electron chi connectivity index (χ1n) is 5.97. The number of carbonyl (C=O) groups excluding carboxylic acids is 1. The van der Waals surface area contributed by atoms with E-state index >= 15 is 0 Å². The van der Waals surface area contributed by atoms with Gasteiger partial charge in [-0.25, -0.2) is 9.97 Å². The van der Waals surface area contributed by atoms with E-state index < -0.39 is 0 Å². The summed E-state index contributed by atoms with van der Waals surface area (Å²) in [5, 5.41) is 2.66. The molecule has 2 aromatic heterocycles. The number of nitrogens with zero attached hydrogens (tertiary/aromatic N) is 3. The number of hydrogen-bond donors (Lipinski definition) is 3. The highest BCUT2D eigenvalue weighted by molar-refractivity contribution is 5.91. The Kier molecular flexibility index (Phi) is 4.04. The Morgan fingerprint density at radius 1 is 1.40 bits per heavy atom. The zero-order valence-corrected chi connectivity index (χ0v) is 10.9. The summed E-state index contributed by atoms with van der Waals surface area (Å²) in [4.78, 5) is 37.4. The third kappa shape index (κ3) is 3.61. The summed E-state index contributed by atoms with van der Waals surface area (Å²) in [5.41, 5.74) is 6.12. The molecule has 0 bridgehead atoms. The second-order valence-corrected chi connectivity index (χ2v) is 4.17. The van der Waals surface area contributed by atoms with Crippen LogP contribution in [0.5, 0.6) is 0 Å². The Balaban J connectivity index is 1.91. The first-order valence-corrected chi connectivity index (χ1v) is 5.97. The molecule has 0 radical (unpaired) electrons. The van der Waals surface area contributed by atoms with Crippen LogP contribution < -0.4 is 16.6 Å². The van der Waals surface area contributed by atoms with Crippen molar-refractivity contribution in [3.8, 4) is 0 Å². The Hall–Kier alpha value is -2.77. The van der Waals surface area contributed by atoms with Crippen molar-refractivity contribution in [3.05, 3.63) is 46.0 Å². The highest BCUT2D eigenvalue weighted by Gasteiger charge is 2.07. The van der Waals surface area contributed by atoms with Crippen LogP contribution in [0.3, 0.4) is 0 Å². The zero-order chi connectivity index (χ0) is 14.5. The smallest absolute Gasteiger partial charge is 0.271 e. The predicted molar refractivity (Wildman–Crippen MR) is 72.1 cm³/mol. The quantitative estimate of drug-likeness (QED) is 0.684. The molecule has 2 heterocycles. The lowest BCUT2D eigenvalue weighted by atomic mass is 10.3. The van der Waals surface area contributed by atoms with Crippen molar-refractivity contribution < 1.29 is 4.79 Å². The van der Waals surface area contributed by atoms with E-state index in [1.54, 1.807) is 6.92 Å². The maximum absolute atomic E-state index is 11.7. The van der Waals surface area contributed by atoms with Gasteiger partial charge in [0.05, 0.1) is 11.9 Å². The largest absolute Gasteiger partial charge is 0.383 e. The molecule has 0 saturated carbocycles. The highest BCUT2D eigenvalue weighted by atomic mass is 16.2. The summed E-state index contributed by atoms with van der Waals surface area (Å²) in [5.74, 6) is 0.244. The van der Waals surface area contributed by atoms with Gasteiger partial charge in [-0.1, -0.05) is 0 Å². The van der Waals surface area contributed by atoms with Gasteiger partial charge in [0.2, 0.25) is 0 Å². The minimum atomic E-state index is -0.330. The van der Waals surface area contributed by atoms with Crippen molar-refractivity contribution in [2.24, 2.45) is 0 Å². The molecule has 20 heavy (non-hydrogen) atoms. The standard InChI is InChI=1S/C12H14N6O2/c1-7-5-16-8(6-15-7)12(20)14-3-2-10-17-9(13)4-11(19)18-10/h4-6H,2-3H2,1H3,(H,14,20)(H3,13,17,18,19). The molecule has 0 fully saturated rings. The number of nitrogen functional groups attached to an aromatic ring is 1. The average molecular weight is 274 g/mol. The molecular weight excluding hydrogens is 260 g/mol. The Morgan fingerprint density at radius 2 is 2.20 bits per heavy atom. The van der Waals surface area contributed by atoms with Gasteiger partial charge in [0, 0.05) is 25.2 Å². The molecule has 0 saturated heterocycles. The molecule has 2 aromatic rings. The number of amides is 1. The Bertz CT molecular complexity index is 664. The molecular formula is C12H14N6O2. The molecule has 0 aromatic carbocycles. The summed E-state index contributed by atoms with van der Waals surface area (Å²) in [6.07, 6.45) is 3.29. The SMILES string of the molecule is Cc1cnc(C(=O)NCCc2nc(N)cc(=O)[nH]2)cn1. The third-order valence-corrected chi connectivity index (χ3v) is 2.47. The molecule has 0 aliphatic heterocycles. The van der Waals surface area contributed by atoms with Crippen molar-refractivity contribution in [1.82, 2.24) is 25.3 Å². The molecule has 0 atom stereocenters. The topological polar surface area (TPSA) is 127 Å². The molecule has 0 unspecified atom stereocenters. The lowest BCUT2D eigenvalue weighted by Crippen LogP contribution is -2.27. The number of aromatic amines is 1. The molecule has 1 amide bonds. The van der Waals surface area contributed by atoms with Gasteiger partial charge in [-0.3, -0.25) is 14.6 Å². The normalized spacial score (nSPS) is 10.2. The van der Waals surface area contributed by atoms with E-state index in [-0.39, 0.29) is 23.0 Å². The van der Waals surface area contributed by atoms with Crippen molar-refractivity contribution in [3.63, 3.8) is 0 Å². The molecule has 0 aliphatic carbocycles. The summed E-state index contributed by atoms with van der Waals surface area (Å²) in [7, 11) is 0. The van der Waals surface area contributed by atoms with E-state index in [1.807, 2.05) is 0 Å². The first-order chi connectivity index (χ1) is 9.54. The second-order valence-electron chi connectivity index (χ2n) is 4.17. The molecule has 104 valence electrons. The fourth-order valence-corrected chi connectivity index (χ4v) is 1.54. The van der Waals surface area contributed by atoms with Crippen LogP contribution in [-0.2, 0) is 6.42 Å². The number of rotatable bonds is 4. The lowest BCUT2D eigenvalue weighted by molar-refractivity contribution is 0.0948. The van der Waals surface area contributed by atoms with E-state index in [1.165, 1.54) is 18.5 Å². The number of nitrogens with two attached hydrogens (primary N) is 1. The van der Waals surface area contributed by atoms with Gasteiger partial charge in [0.1, 0.15) is 17.3 Å². The Labute approximate surface area is 114 Å². The van der Waals surface area contributed by atoms with Gasteiger partial charge in [-0.15, -0.1) is 0 Å². The summed E-state index contributed by atoms with van der Waals surface area (Å²) >= 11 is 0. The molecule has 8 nitrogen and oxygen atoms in total. The number of H-pyrrole nitrogens is 1. The number of anilines is 1. The molecule has 4 N–H and O–H groups in total. The van der Waals surface area contributed by atoms with E-state index in [2.05, 4.69) is 25.3 Å². The van der Waals surface area contributed by atoms with Crippen molar-refractivity contribution in [2.75, 3.05) is 12.3 Å². The van der Waals surface area contributed by atoms with Gasteiger partial charge in [-0.2, -0.15) is 0 Å². The van der Waals surface area contributed by atoms with Crippen molar-refractivity contribution >= 4 is 11.7 Å². The van der Waals surface area contributed by atoms with E-state index in [9.17, 15) is 9.59 Å². The lowest BCUT2D eigenvalue weighted by Gasteiger charge is -2.04. The van der Waals surface area contributed by atoms with Crippen LogP contribution in [0.4, 0.5) is 5.82 Å². The van der Waals surface area contributed by atoms with E-state index in [0.717, 1.165) is 5.69 Å². The highest BCUT2D eigenvalue weighted by Crippen LogP contribution is 1.95. The molecule has 8 heteroatoms. The predicted octanol–water partition coefficient (Wildman–Crippen LogP) is -0.577. The van der Waals surface area contributed by atoms with Crippen LogP contribution in [-0.4, -0.2) is 32.4 Å². The summed E-state index contributed by atoms with van der Waals surface area (Å²) < 4.78 is 0. The van der Waals surface area contributed by atoms with Crippen LogP contribution >= 0.6 is 0 Å². The summed E-state index contributed by atoms with van der Waals surface area (Å²) in [6.45, 7) is 2.09. The monoisotopic (exact) mass is 274 g/mol. The summed E-state index contributed by atoms with van der Waals surface area (Å²) in [6, 6.07) is 1.20.